The Morgan fingerprint density at radius 3 is 2.93 bits per heavy atom. The molecule has 0 aliphatic carbocycles. The second-order valence-corrected chi connectivity index (χ2v) is 4.25. The lowest BCUT2D eigenvalue weighted by atomic mass is 10.2. The summed E-state index contributed by atoms with van der Waals surface area (Å²) < 4.78 is 5.31. The number of ether oxygens (including phenoxy) is 1. The first-order chi connectivity index (χ1) is 6.74. The largest absolute Gasteiger partial charge is 0.380 e. The van der Waals surface area contributed by atoms with Gasteiger partial charge in [-0.05, 0) is 26.8 Å². The molecule has 1 N–H and O–H groups in total. The molecule has 0 saturated carbocycles. The van der Waals surface area contributed by atoms with Crippen LogP contribution in [0.5, 0.6) is 0 Å². The molecule has 1 saturated heterocycles. The molecule has 14 heavy (non-hydrogen) atoms. The van der Waals surface area contributed by atoms with E-state index >= 15 is 0 Å². The molecule has 1 rings (SSSR count). The monoisotopic (exact) mass is 200 g/mol. The van der Waals surface area contributed by atoms with Crippen LogP contribution in [0.4, 0.5) is 0 Å². The van der Waals surface area contributed by atoms with Gasteiger partial charge >= 0.3 is 0 Å². The third-order valence-electron chi connectivity index (χ3n) is 3.17. The maximum Gasteiger partial charge on any atom is 0.0620 e. The number of hydrogen-bond donors (Lipinski definition) is 1. The van der Waals surface area contributed by atoms with E-state index in [2.05, 4.69) is 31.1 Å². The standard InChI is InChI=1S/C11H24N2O/c1-4-10(2)13(3)7-6-12-11-5-8-14-9-11/h10-12H,4-9H2,1-3H3. The van der Waals surface area contributed by atoms with Crippen LogP contribution in [0.15, 0.2) is 0 Å². The first kappa shape index (κ1) is 12.0. The highest BCUT2D eigenvalue weighted by atomic mass is 16.5. The Hall–Kier alpha value is -0.120. The molecule has 3 heteroatoms. The Bertz CT molecular complexity index is 146. The molecule has 2 atom stereocenters. The van der Waals surface area contributed by atoms with Crippen molar-refractivity contribution in [2.75, 3.05) is 33.4 Å². The van der Waals surface area contributed by atoms with Gasteiger partial charge in [-0.2, -0.15) is 0 Å². The van der Waals surface area contributed by atoms with Gasteiger partial charge in [0, 0.05) is 31.8 Å². The van der Waals surface area contributed by atoms with Crippen molar-refractivity contribution in [1.29, 1.82) is 0 Å². The van der Waals surface area contributed by atoms with Crippen LogP contribution in [0.25, 0.3) is 0 Å². The molecule has 84 valence electrons. The Balaban J connectivity index is 2.02. The number of nitrogens with zero attached hydrogens (tertiary/aromatic N) is 1. The van der Waals surface area contributed by atoms with Crippen LogP contribution < -0.4 is 5.32 Å². The van der Waals surface area contributed by atoms with Crippen molar-refractivity contribution >= 4 is 0 Å². The number of nitrogens with one attached hydrogen (secondary N) is 1. The topological polar surface area (TPSA) is 24.5 Å². The molecule has 0 radical (unpaired) electrons. The molecule has 0 aromatic heterocycles. The smallest absolute Gasteiger partial charge is 0.0620 e. The van der Waals surface area contributed by atoms with Crippen LogP contribution >= 0.6 is 0 Å². The molecule has 0 aromatic rings. The van der Waals surface area contributed by atoms with Crippen LogP contribution in [0, 0.1) is 0 Å². The highest BCUT2D eigenvalue weighted by Gasteiger charge is 2.14. The molecule has 1 aliphatic rings. The Kier molecular flexibility index (Phi) is 5.45. The van der Waals surface area contributed by atoms with Crippen molar-refractivity contribution in [2.45, 2.75) is 38.8 Å². The van der Waals surface area contributed by atoms with Crippen LogP contribution in [-0.2, 0) is 4.74 Å². The van der Waals surface area contributed by atoms with Crippen molar-refractivity contribution in [3.8, 4) is 0 Å². The molecule has 0 amide bonds. The van der Waals surface area contributed by atoms with E-state index in [-0.39, 0.29) is 0 Å². The predicted octanol–water partition coefficient (Wildman–Crippen LogP) is 1.10. The summed E-state index contributed by atoms with van der Waals surface area (Å²) in [6.07, 6.45) is 2.40. The molecular weight excluding hydrogens is 176 g/mol. The Labute approximate surface area is 87.8 Å². The van der Waals surface area contributed by atoms with Crippen molar-refractivity contribution in [1.82, 2.24) is 10.2 Å². The van der Waals surface area contributed by atoms with Gasteiger partial charge in [0.05, 0.1) is 6.61 Å². The van der Waals surface area contributed by atoms with E-state index in [1.54, 1.807) is 0 Å². The summed E-state index contributed by atoms with van der Waals surface area (Å²) in [5, 5.41) is 3.52. The lowest BCUT2D eigenvalue weighted by molar-refractivity contribution is 0.188. The average molecular weight is 200 g/mol. The summed E-state index contributed by atoms with van der Waals surface area (Å²) in [5.41, 5.74) is 0. The Morgan fingerprint density at radius 1 is 1.57 bits per heavy atom. The van der Waals surface area contributed by atoms with E-state index in [0.717, 1.165) is 26.3 Å². The molecule has 1 fully saturated rings. The molecule has 3 nitrogen and oxygen atoms in total. The fraction of sp³-hybridized carbons (Fsp3) is 1.00. The van der Waals surface area contributed by atoms with Gasteiger partial charge in [0.15, 0.2) is 0 Å². The van der Waals surface area contributed by atoms with E-state index in [9.17, 15) is 0 Å². The lowest BCUT2D eigenvalue weighted by Crippen LogP contribution is -2.38. The van der Waals surface area contributed by atoms with Crippen molar-refractivity contribution in [2.24, 2.45) is 0 Å². The van der Waals surface area contributed by atoms with Crippen LogP contribution in [-0.4, -0.2) is 50.3 Å². The zero-order valence-electron chi connectivity index (χ0n) is 9.75. The van der Waals surface area contributed by atoms with E-state index in [1.165, 1.54) is 12.8 Å². The summed E-state index contributed by atoms with van der Waals surface area (Å²) in [6.45, 7) is 8.55. The van der Waals surface area contributed by atoms with Crippen molar-refractivity contribution in [3.05, 3.63) is 0 Å². The average Bonchev–Trinajstić information content (AvgIpc) is 2.69. The number of hydrogen-bond acceptors (Lipinski definition) is 3. The normalized spacial score (nSPS) is 24.4. The van der Waals surface area contributed by atoms with E-state index < -0.39 is 0 Å². The van der Waals surface area contributed by atoms with Crippen molar-refractivity contribution < 1.29 is 4.74 Å². The minimum Gasteiger partial charge on any atom is -0.380 e. The first-order valence-corrected chi connectivity index (χ1v) is 5.75. The molecular formula is C11H24N2O. The second kappa shape index (κ2) is 6.38. The molecule has 2 unspecified atom stereocenters. The predicted molar refractivity (Wildman–Crippen MR) is 59.6 cm³/mol. The van der Waals surface area contributed by atoms with Gasteiger partial charge in [0.25, 0.3) is 0 Å². The Morgan fingerprint density at radius 2 is 2.36 bits per heavy atom. The molecule has 1 aliphatic heterocycles. The molecule has 0 aromatic carbocycles. The summed E-state index contributed by atoms with van der Waals surface area (Å²) in [6, 6.07) is 1.29. The molecule has 1 heterocycles. The molecule has 0 spiro atoms. The fourth-order valence-electron chi connectivity index (χ4n) is 1.67. The zero-order valence-corrected chi connectivity index (χ0v) is 9.75. The van der Waals surface area contributed by atoms with Gasteiger partial charge in [-0.3, -0.25) is 0 Å². The molecule has 0 bridgehead atoms. The SMILES string of the molecule is CCC(C)N(C)CCNC1CCOC1. The second-order valence-electron chi connectivity index (χ2n) is 4.25. The summed E-state index contributed by atoms with van der Waals surface area (Å²) in [4.78, 5) is 2.41. The third-order valence-corrected chi connectivity index (χ3v) is 3.17. The van der Waals surface area contributed by atoms with Gasteiger partial charge in [0.2, 0.25) is 0 Å². The fourth-order valence-corrected chi connectivity index (χ4v) is 1.67. The highest BCUT2D eigenvalue weighted by molar-refractivity contribution is 4.72. The van der Waals surface area contributed by atoms with Crippen molar-refractivity contribution in [3.63, 3.8) is 0 Å². The van der Waals surface area contributed by atoms with Crippen LogP contribution in [0.1, 0.15) is 26.7 Å². The van der Waals surface area contributed by atoms with Gasteiger partial charge in [-0.25, -0.2) is 0 Å². The van der Waals surface area contributed by atoms with Gasteiger partial charge in [0.1, 0.15) is 0 Å². The summed E-state index contributed by atoms with van der Waals surface area (Å²) in [5.74, 6) is 0. The summed E-state index contributed by atoms with van der Waals surface area (Å²) in [7, 11) is 2.20. The zero-order chi connectivity index (χ0) is 10.4. The van der Waals surface area contributed by atoms with E-state index in [1.807, 2.05) is 0 Å². The highest BCUT2D eigenvalue weighted by Crippen LogP contribution is 2.03. The van der Waals surface area contributed by atoms with E-state index in [4.69, 9.17) is 4.74 Å². The number of rotatable bonds is 6. The number of likely N-dealkylation sites (N-methyl/N-ethyl adjacent to an activating group) is 1. The minimum absolute atomic E-state index is 0.598. The quantitative estimate of drug-likeness (QED) is 0.695. The summed E-state index contributed by atoms with van der Waals surface area (Å²) >= 11 is 0. The van der Waals surface area contributed by atoms with Crippen LogP contribution in [0.3, 0.4) is 0 Å². The first-order valence-electron chi connectivity index (χ1n) is 5.75. The van der Waals surface area contributed by atoms with Gasteiger partial charge in [-0.1, -0.05) is 6.92 Å². The van der Waals surface area contributed by atoms with Crippen LogP contribution in [0.2, 0.25) is 0 Å². The maximum absolute atomic E-state index is 5.31. The van der Waals surface area contributed by atoms with E-state index in [0.29, 0.717) is 12.1 Å². The third kappa shape index (κ3) is 3.95. The lowest BCUT2D eigenvalue weighted by Gasteiger charge is -2.24. The van der Waals surface area contributed by atoms with Gasteiger partial charge < -0.3 is 15.0 Å². The maximum atomic E-state index is 5.31. The van der Waals surface area contributed by atoms with Gasteiger partial charge in [-0.15, -0.1) is 0 Å². The minimum atomic E-state index is 0.598.